The number of aromatic amines is 1. The van der Waals surface area contributed by atoms with Gasteiger partial charge in [0.05, 0.1) is 12.5 Å². The predicted molar refractivity (Wildman–Crippen MR) is 58.2 cm³/mol. The fourth-order valence-corrected chi connectivity index (χ4v) is 2.32. The van der Waals surface area contributed by atoms with E-state index in [2.05, 4.69) is 29.1 Å². The summed E-state index contributed by atoms with van der Waals surface area (Å²) in [6.07, 6.45) is 7.58. The normalized spacial score (nSPS) is 32.9. The van der Waals surface area contributed by atoms with Gasteiger partial charge in [0.1, 0.15) is 5.82 Å². The third kappa shape index (κ3) is 1.91. The second kappa shape index (κ2) is 4.03. The summed E-state index contributed by atoms with van der Waals surface area (Å²) in [7, 11) is 0. The summed E-state index contributed by atoms with van der Waals surface area (Å²) in [5.74, 6) is 2.65. The van der Waals surface area contributed by atoms with Crippen molar-refractivity contribution in [3.05, 3.63) is 12.5 Å². The van der Waals surface area contributed by atoms with Crippen LogP contribution in [0.5, 0.6) is 0 Å². The molecule has 1 saturated carbocycles. The first-order chi connectivity index (χ1) is 6.77. The van der Waals surface area contributed by atoms with Crippen LogP contribution in [-0.4, -0.2) is 16.0 Å². The van der Waals surface area contributed by atoms with Gasteiger partial charge in [-0.1, -0.05) is 26.7 Å². The van der Waals surface area contributed by atoms with E-state index in [-0.39, 0.29) is 0 Å². The van der Waals surface area contributed by atoms with Gasteiger partial charge in [-0.3, -0.25) is 0 Å². The van der Waals surface area contributed by atoms with Gasteiger partial charge in [-0.05, 0) is 18.3 Å². The first-order valence-electron chi connectivity index (χ1n) is 5.52. The molecule has 1 aliphatic carbocycles. The van der Waals surface area contributed by atoms with Crippen molar-refractivity contribution in [2.24, 2.45) is 11.8 Å². The Morgan fingerprint density at radius 2 is 2.29 bits per heavy atom. The minimum atomic E-state index is 0.610. The summed E-state index contributed by atoms with van der Waals surface area (Å²) in [5, 5.41) is 3.52. The highest BCUT2D eigenvalue weighted by molar-refractivity contribution is 5.32. The van der Waals surface area contributed by atoms with Crippen molar-refractivity contribution < 1.29 is 0 Å². The topological polar surface area (TPSA) is 40.7 Å². The molecule has 0 aromatic carbocycles. The van der Waals surface area contributed by atoms with Crippen LogP contribution >= 0.6 is 0 Å². The van der Waals surface area contributed by atoms with Gasteiger partial charge in [-0.15, -0.1) is 0 Å². The van der Waals surface area contributed by atoms with Crippen molar-refractivity contribution in [3.8, 4) is 0 Å². The van der Waals surface area contributed by atoms with E-state index in [1.165, 1.54) is 19.3 Å². The third-order valence-electron chi connectivity index (χ3n) is 3.55. The summed E-state index contributed by atoms with van der Waals surface area (Å²) in [6, 6.07) is 0.610. The van der Waals surface area contributed by atoms with E-state index in [1.54, 1.807) is 6.33 Å². The fourth-order valence-electron chi connectivity index (χ4n) is 2.32. The molecule has 1 aromatic heterocycles. The van der Waals surface area contributed by atoms with Gasteiger partial charge in [-0.2, -0.15) is 0 Å². The number of hydrogen-bond acceptors (Lipinski definition) is 2. The molecule has 78 valence electrons. The van der Waals surface area contributed by atoms with Crippen LogP contribution in [0, 0.1) is 11.8 Å². The van der Waals surface area contributed by atoms with Crippen LogP contribution in [0.1, 0.15) is 33.1 Å². The molecule has 1 fully saturated rings. The van der Waals surface area contributed by atoms with E-state index in [0.29, 0.717) is 6.04 Å². The summed E-state index contributed by atoms with van der Waals surface area (Å²) in [5.41, 5.74) is 0. The predicted octanol–water partition coefficient (Wildman–Crippen LogP) is 2.65. The van der Waals surface area contributed by atoms with Crippen LogP contribution < -0.4 is 5.32 Å². The first-order valence-corrected chi connectivity index (χ1v) is 5.52. The Bertz CT molecular complexity index is 268. The van der Waals surface area contributed by atoms with E-state index in [1.807, 2.05) is 6.20 Å². The summed E-state index contributed by atoms with van der Waals surface area (Å²) >= 11 is 0. The monoisotopic (exact) mass is 193 g/mol. The number of imidazole rings is 1. The largest absolute Gasteiger partial charge is 0.367 e. The molecule has 0 radical (unpaired) electrons. The molecule has 3 atom stereocenters. The highest BCUT2D eigenvalue weighted by Crippen LogP contribution is 2.31. The average Bonchev–Trinajstić information content (AvgIpc) is 2.66. The number of nitrogens with zero attached hydrogens (tertiary/aromatic N) is 1. The Morgan fingerprint density at radius 3 is 3.00 bits per heavy atom. The summed E-state index contributed by atoms with van der Waals surface area (Å²) in [4.78, 5) is 7.11. The van der Waals surface area contributed by atoms with Crippen molar-refractivity contribution >= 4 is 5.82 Å². The highest BCUT2D eigenvalue weighted by atomic mass is 15.1. The molecule has 0 bridgehead atoms. The van der Waals surface area contributed by atoms with Crippen LogP contribution in [0.15, 0.2) is 12.5 Å². The number of hydrogen-bond donors (Lipinski definition) is 2. The van der Waals surface area contributed by atoms with E-state index in [0.717, 1.165) is 17.7 Å². The zero-order valence-corrected chi connectivity index (χ0v) is 8.96. The molecular weight excluding hydrogens is 174 g/mol. The minimum absolute atomic E-state index is 0.610. The van der Waals surface area contributed by atoms with Gasteiger partial charge in [0, 0.05) is 6.04 Å². The quantitative estimate of drug-likeness (QED) is 0.758. The molecule has 3 nitrogen and oxygen atoms in total. The summed E-state index contributed by atoms with van der Waals surface area (Å²) in [6.45, 7) is 4.70. The number of aromatic nitrogens is 2. The lowest BCUT2D eigenvalue weighted by atomic mass is 9.78. The zero-order valence-electron chi connectivity index (χ0n) is 8.96. The SMILES string of the molecule is C[C@@H]1[C@H](C)CCC[C@H]1Nc1cnc[nH]1. The van der Waals surface area contributed by atoms with E-state index in [9.17, 15) is 0 Å². The molecule has 14 heavy (non-hydrogen) atoms. The van der Waals surface area contributed by atoms with Crippen molar-refractivity contribution in [2.75, 3.05) is 5.32 Å². The summed E-state index contributed by atoms with van der Waals surface area (Å²) < 4.78 is 0. The van der Waals surface area contributed by atoms with Gasteiger partial charge >= 0.3 is 0 Å². The van der Waals surface area contributed by atoms with Crippen LogP contribution in [0.2, 0.25) is 0 Å². The molecule has 0 aliphatic heterocycles. The first kappa shape index (κ1) is 9.56. The standard InChI is InChI=1S/C11H19N3/c1-8-4-3-5-10(9(8)2)14-11-6-12-7-13-11/h6-10,14H,3-5H2,1-2H3,(H,12,13)/t8-,9-,10-/m1/s1. The highest BCUT2D eigenvalue weighted by Gasteiger charge is 2.26. The molecule has 0 unspecified atom stereocenters. The lowest BCUT2D eigenvalue weighted by Crippen LogP contribution is -2.35. The van der Waals surface area contributed by atoms with Crippen molar-refractivity contribution in [1.29, 1.82) is 0 Å². The van der Waals surface area contributed by atoms with E-state index >= 15 is 0 Å². The maximum absolute atomic E-state index is 4.01. The second-order valence-corrected chi connectivity index (χ2v) is 4.48. The average molecular weight is 193 g/mol. The molecule has 1 aliphatic rings. The molecule has 0 amide bonds. The molecule has 1 aromatic rings. The third-order valence-corrected chi connectivity index (χ3v) is 3.55. The van der Waals surface area contributed by atoms with Crippen LogP contribution in [-0.2, 0) is 0 Å². The van der Waals surface area contributed by atoms with Gasteiger partial charge in [0.2, 0.25) is 0 Å². The minimum Gasteiger partial charge on any atom is -0.367 e. The Kier molecular flexibility index (Phi) is 2.75. The van der Waals surface area contributed by atoms with E-state index in [4.69, 9.17) is 0 Å². The Morgan fingerprint density at radius 1 is 1.43 bits per heavy atom. The Balaban J connectivity index is 1.97. The number of H-pyrrole nitrogens is 1. The van der Waals surface area contributed by atoms with Gasteiger partial charge in [0.25, 0.3) is 0 Å². The van der Waals surface area contributed by atoms with Gasteiger partial charge in [-0.25, -0.2) is 4.98 Å². The Labute approximate surface area is 85.3 Å². The van der Waals surface area contributed by atoms with Gasteiger partial charge in [0.15, 0.2) is 0 Å². The van der Waals surface area contributed by atoms with Crippen molar-refractivity contribution in [1.82, 2.24) is 9.97 Å². The lowest BCUT2D eigenvalue weighted by molar-refractivity contribution is 0.253. The lowest BCUT2D eigenvalue weighted by Gasteiger charge is -2.34. The van der Waals surface area contributed by atoms with Crippen LogP contribution in [0.25, 0.3) is 0 Å². The molecule has 2 rings (SSSR count). The molecule has 3 heteroatoms. The number of nitrogens with one attached hydrogen (secondary N) is 2. The number of rotatable bonds is 2. The molecule has 2 N–H and O–H groups in total. The van der Waals surface area contributed by atoms with Crippen molar-refractivity contribution in [3.63, 3.8) is 0 Å². The van der Waals surface area contributed by atoms with E-state index < -0.39 is 0 Å². The number of anilines is 1. The smallest absolute Gasteiger partial charge is 0.123 e. The van der Waals surface area contributed by atoms with Gasteiger partial charge < -0.3 is 10.3 Å². The van der Waals surface area contributed by atoms with Crippen molar-refractivity contribution in [2.45, 2.75) is 39.2 Å². The maximum atomic E-state index is 4.01. The molecule has 0 saturated heterocycles. The zero-order chi connectivity index (χ0) is 9.97. The van der Waals surface area contributed by atoms with Crippen LogP contribution in [0.3, 0.4) is 0 Å². The Hall–Kier alpha value is -0.990. The molecular formula is C11H19N3. The molecule has 1 heterocycles. The molecule has 0 spiro atoms. The van der Waals surface area contributed by atoms with Crippen LogP contribution in [0.4, 0.5) is 5.82 Å². The maximum Gasteiger partial charge on any atom is 0.123 e. The fraction of sp³-hybridized carbons (Fsp3) is 0.727. The second-order valence-electron chi connectivity index (χ2n) is 4.48.